The molecule has 7 heteroatoms. The third kappa shape index (κ3) is 3.77. The number of fused-ring (bicyclic) bond motifs is 1. The van der Waals surface area contributed by atoms with Crippen molar-refractivity contribution in [3.8, 4) is 0 Å². The molecule has 156 valence electrons. The van der Waals surface area contributed by atoms with Gasteiger partial charge in [0.25, 0.3) is 5.91 Å². The van der Waals surface area contributed by atoms with Gasteiger partial charge in [0.2, 0.25) is 0 Å². The van der Waals surface area contributed by atoms with Crippen LogP contribution in [0.5, 0.6) is 0 Å². The fraction of sp³-hybridized carbons (Fsp3) is 0.435. The Morgan fingerprint density at radius 2 is 1.87 bits per heavy atom. The van der Waals surface area contributed by atoms with E-state index in [0.717, 1.165) is 74.0 Å². The summed E-state index contributed by atoms with van der Waals surface area (Å²) in [5.74, 6) is 1.09. The molecule has 1 aromatic carbocycles. The van der Waals surface area contributed by atoms with Crippen LogP contribution in [0.4, 0.5) is 5.69 Å². The van der Waals surface area contributed by atoms with Gasteiger partial charge in [0.15, 0.2) is 11.5 Å². The molecule has 1 atom stereocenters. The SMILES string of the molecule is Cc1ccc(C(=O)N2CCC[C@H](c3nc4ccc(N5CCOCC5)cn4n3)C2)cc1. The van der Waals surface area contributed by atoms with Crippen molar-refractivity contribution in [1.29, 1.82) is 0 Å². The Bertz CT molecular complexity index is 1040. The van der Waals surface area contributed by atoms with Crippen molar-refractivity contribution in [3.05, 3.63) is 59.5 Å². The molecule has 1 amide bonds. The number of carbonyl (C=O) groups excluding carboxylic acids is 1. The van der Waals surface area contributed by atoms with Crippen molar-refractivity contribution in [2.45, 2.75) is 25.7 Å². The maximum Gasteiger partial charge on any atom is 0.253 e. The average Bonchev–Trinajstić information content (AvgIpc) is 3.23. The standard InChI is InChI=1S/C23H27N5O2/c1-17-4-6-18(7-5-17)23(29)27-10-2-3-19(15-27)22-24-21-9-8-20(16-28(21)25-22)26-11-13-30-14-12-26/h4-9,16,19H,2-3,10-15H2,1H3/t19-/m0/s1. The van der Waals surface area contributed by atoms with E-state index in [1.807, 2.05) is 46.7 Å². The number of hydrogen-bond acceptors (Lipinski definition) is 5. The smallest absolute Gasteiger partial charge is 0.253 e. The van der Waals surface area contributed by atoms with Crippen molar-refractivity contribution >= 4 is 17.2 Å². The molecule has 2 aromatic heterocycles. The summed E-state index contributed by atoms with van der Waals surface area (Å²) in [4.78, 5) is 22.0. The van der Waals surface area contributed by atoms with Gasteiger partial charge in [-0.25, -0.2) is 9.50 Å². The van der Waals surface area contributed by atoms with Gasteiger partial charge in [0.05, 0.1) is 25.1 Å². The first-order valence-corrected chi connectivity index (χ1v) is 10.7. The first-order valence-electron chi connectivity index (χ1n) is 10.7. The highest BCUT2D eigenvalue weighted by atomic mass is 16.5. The second-order valence-electron chi connectivity index (χ2n) is 8.22. The fourth-order valence-corrected chi connectivity index (χ4v) is 4.32. The van der Waals surface area contributed by atoms with E-state index in [1.165, 1.54) is 0 Å². The van der Waals surface area contributed by atoms with Gasteiger partial charge in [-0.05, 0) is 44.0 Å². The van der Waals surface area contributed by atoms with Gasteiger partial charge >= 0.3 is 0 Å². The van der Waals surface area contributed by atoms with Crippen LogP contribution >= 0.6 is 0 Å². The van der Waals surface area contributed by atoms with Crippen molar-refractivity contribution in [3.63, 3.8) is 0 Å². The minimum atomic E-state index is 0.0954. The van der Waals surface area contributed by atoms with Crippen LogP contribution in [0.2, 0.25) is 0 Å². The average molecular weight is 406 g/mol. The van der Waals surface area contributed by atoms with Crippen LogP contribution in [0.15, 0.2) is 42.6 Å². The predicted molar refractivity (Wildman–Crippen MR) is 115 cm³/mol. The van der Waals surface area contributed by atoms with Crippen LogP contribution < -0.4 is 4.90 Å². The molecule has 2 aliphatic heterocycles. The zero-order valence-corrected chi connectivity index (χ0v) is 17.3. The molecule has 4 heterocycles. The first-order chi connectivity index (χ1) is 14.7. The maximum atomic E-state index is 12.9. The fourth-order valence-electron chi connectivity index (χ4n) is 4.32. The first kappa shape index (κ1) is 19.1. The van der Waals surface area contributed by atoms with E-state index in [2.05, 4.69) is 17.2 Å². The number of amides is 1. The zero-order chi connectivity index (χ0) is 20.5. The number of aromatic nitrogens is 3. The van der Waals surface area contributed by atoms with E-state index in [-0.39, 0.29) is 11.8 Å². The number of rotatable bonds is 3. The molecule has 2 aliphatic rings. The number of pyridine rings is 1. The highest BCUT2D eigenvalue weighted by Gasteiger charge is 2.28. The molecule has 0 unspecified atom stereocenters. The highest BCUT2D eigenvalue weighted by Crippen LogP contribution is 2.27. The van der Waals surface area contributed by atoms with Crippen molar-refractivity contribution < 1.29 is 9.53 Å². The molecule has 0 N–H and O–H groups in total. The normalized spacial score (nSPS) is 20.0. The van der Waals surface area contributed by atoms with E-state index in [0.29, 0.717) is 6.54 Å². The lowest BCUT2D eigenvalue weighted by Gasteiger charge is -2.31. The van der Waals surface area contributed by atoms with Crippen LogP contribution in [0, 0.1) is 6.92 Å². The van der Waals surface area contributed by atoms with E-state index < -0.39 is 0 Å². The largest absolute Gasteiger partial charge is 0.378 e. The summed E-state index contributed by atoms with van der Waals surface area (Å²) >= 11 is 0. The number of aryl methyl sites for hydroxylation is 1. The minimum Gasteiger partial charge on any atom is -0.378 e. The molecule has 2 saturated heterocycles. The van der Waals surface area contributed by atoms with Gasteiger partial charge in [-0.1, -0.05) is 17.7 Å². The Morgan fingerprint density at radius 3 is 2.67 bits per heavy atom. The van der Waals surface area contributed by atoms with Gasteiger partial charge < -0.3 is 14.5 Å². The second kappa shape index (κ2) is 8.07. The van der Waals surface area contributed by atoms with Gasteiger partial charge in [-0.3, -0.25) is 4.79 Å². The second-order valence-corrected chi connectivity index (χ2v) is 8.22. The van der Waals surface area contributed by atoms with Crippen LogP contribution in [-0.4, -0.2) is 64.8 Å². The molecule has 0 bridgehead atoms. The van der Waals surface area contributed by atoms with E-state index >= 15 is 0 Å². The molecule has 0 aliphatic carbocycles. The molecular formula is C23H27N5O2. The Hall–Kier alpha value is -2.93. The molecule has 2 fully saturated rings. The molecule has 7 nitrogen and oxygen atoms in total. The number of nitrogens with zero attached hydrogens (tertiary/aromatic N) is 5. The number of piperidine rings is 1. The molecule has 5 rings (SSSR count). The number of anilines is 1. The molecule has 3 aromatic rings. The summed E-state index contributed by atoms with van der Waals surface area (Å²) in [5, 5.41) is 4.78. The van der Waals surface area contributed by atoms with Gasteiger partial charge in [0, 0.05) is 37.7 Å². The van der Waals surface area contributed by atoms with Crippen LogP contribution in [0.25, 0.3) is 5.65 Å². The van der Waals surface area contributed by atoms with Gasteiger partial charge in [-0.15, -0.1) is 0 Å². The summed E-state index contributed by atoms with van der Waals surface area (Å²) in [5.41, 5.74) is 3.90. The number of carbonyl (C=O) groups is 1. The molecule has 0 saturated carbocycles. The van der Waals surface area contributed by atoms with Crippen molar-refractivity contribution in [2.75, 3.05) is 44.3 Å². The topological polar surface area (TPSA) is 63.0 Å². The predicted octanol–water partition coefficient (Wildman–Crippen LogP) is 2.89. The Labute approximate surface area is 176 Å². The lowest BCUT2D eigenvalue weighted by Crippen LogP contribution is -2.39. The lowest BCUT2D eigenvalue weighted by atomic mass is 9.96. The van der Waals surface area contributed by atoms with E-state index in [9.17, 15) is 4.79 Å². The number of morpholine rings is 1. The Morgan fingerprint density at radius 1 is 1.07 bits per heavy atom. The maximum absolute atomic E-state index is 12.9. The monoisotopic (exact) mass is 405 g/mol. The summed E-state index contributed by atoms with van der Waals surface area (Å²) in [6, 6.07) is 11.9. The van der Waals surface area contributed by atoms with Crippen LogP contribution in [-0.2, 0) is 4.74 Å². The Balaban J connectivity index is 1.34. The van der Waals surface area contributed by atoms with Gasteiger partial charge in [-0.2, -0.15) is 5.10 Å². The summed E-state index contributed by atoms with van der Waals surface area (Å²) < 4.78 is 7.33. The number of likely N-dealkylation sites (tertiary alicyclic amines) is 1. The molecule has 30 heavy (non-hydrogen) atoms. The van der Waals surface area contributed by atoms with Crippen LogP contribution in [0.3, 0.4) is 0 Å². The number of hydrogen-bond donors (Lipinski definition) is 0. The third-order valence-corrected chi connectivity index (χ3v) is 6.08. The van der Waals surface area contributed by atoms with Crippen molar-refractivity contribution in [1.82, 2.24) is 19.5 Å². The number of ether oxygens (including phenoxy) is 1. The van der Waals surface area contributed by atoms with Gasteiger partial charge in [0.1, 0.15) is 0 Å². The Kier molecular flexibility index (Phi) is 5.12. The van der Waals surface area contributed by atoms with Crippen molar-refractivity contribution in [2.24, 2.45) is 0 Å². The molecule has 0 radical (unpaired) electrons. The van der Waals surface area contributed by atoms with Crippen LogP contribution in [0.1, 0.15) is 40.5 Å². The van der Waals surface area contributed by atoms with E-state index in [1.54, 1.807) is 0 Å². The lowest BCUT2D eigenvalue weighted by molar-refractivity contribution is 0.0704. The summed E-state index contributed by atoms with van der Waals surface area (Å²) in [6.45, 7) is 6.79. The molecular weight excluding hydrogens is 378 g/mol. The highest BCUT2D eigenvalue weighted by molar-refractivity contribution is 5.94. The third-order valence-electron chi connectivity index (χ3n) is 6.08. The summed E-state index contributed by atoms with van der Waals surface area (Å²) in [6.07, 6.45) is 4.02. The quantitative estimate of drug-likeness (QED) is 0.671. The zero-order valence-electron chi connectivity index (χ0n) is 17.3. The van der Waals surface area contributed by atoms with E-state index in [4.69, 9.17) is 14.8 Å². The molecule has 0 spiro atoms. The summed E-state index contributed by atoms with van der Waals surface area (Å²) in [7, 11) is 0. The minimum absolute atomic E-state index is 0.0954. The number of benzene rings is 1.